The van der Waals surface area contributed by atoms with Gasteiger partial charge in [0.05, 0.1) is 34.5 Å². The predicted molar refractivity (Wildman–Crippen MR) is 137 cm³/mol. The molecule has 1 fully saturated rings. The van der Waals surface area contributed by atoms with Crippen molar-refractivity contribution in [2.75, 3.05) is 25.0 Å². The van der Waals surface area contributed by atoms with Gasteiger partial charge in [-0.15, -0.1) is 13.2 Å². The van der Waals surface area contributed by atoms with Gasteiger partial charge in [-0.05, 0) is 48.5 Å². The molecule has 2 heterocycles. The molecule has 5 rings (SSSR count). The zero-order chi connectivity index (χ0) is 26.2. The van der Waals surface area contributed by atoms with Crippen LogP contribution < -0.4 is 19.7 Å². The van der Waals surface area contributed by atoms with Crippen LogP contribution in [0.4, 0.5) is 24.5 Å². The number of anilines is 2. The highest BCUT2D eigenvalue weighted by Gasteiger charge is 2.40. The molecule has 0 aliphatic carbocycles. The number of benzene rings is 3. The quantitative estimate of drug-likeness (QED) is 0.432. The number of nitrogens with one attached hydrogen (secondary N) is 2. The smallest absolute Gasteiger partial charge is 0.406 e. The molecule has 0 radical (unpaired) electrons. The molecule has 0 spiro atoms. The van der Waals surface area contributed by atoms with Gasteiger partial charge in [0.1, 0.15) is 15.7 Å². The van der Waals surface area contributed by atoms with Crippen LogP contribution in [0, 0.1) is 0 Å². The van der Waals surface area contributed by atoms with E-state index in [-0.39, 0.29) is 4.90 Å². The third-order valence-corrected chi connectivity index (χ3v) is 9.45. The fourth-order valence-corrected chi connectivity index (χ4v) is 7.26. The predicted octanol–water partition coefficient (Wildman–Crippen LogP) is 4.55. The van der Waals surface area contributed by atoms with Gasteiger partial charge in [0.25, 0.3) is 0 Å². The largest absolute Gasteiger partial charge is 0.573 e. The van der Waals surface area contributed by atoms with Crippen molar-refractivity contribution in [1.82, 2.24) is 10.0 Å². The molecule has 196 valence electrons. The maximum Gasteiger partial charge on any atom is 0.573 e. The van der Waals surface area contributed by atoms with E-state index >= 15 is 0 Å². The summed E-state index contributed by atoms with van der Waals surface area (Å²) in [6.07, 6.45) is -5.77. The minimum absolute atomic E-state index is 0.184. The fraction of sp³-hybridized carbons (Fsp3) is 0.280. The molecule has 3 N–H and O–H groups in total. The van der Waals surface area contributed by atoms with Crippen molar-refractivity contribution in [3.8, 4) is 5.75 Å². The Morgan fingerprint density at radius 3 is 2.19 bits per heavy atom. The number of aliphatic hydroxyl groups is 1. The first-order chi connectivity index (χ1) is 17.7. The number of fused-ring (bicyclic) bond motifs is 2. The van der Waals surface area contributed by atoms with Gasteiger partial charge < -0.3 is 20.1 Å². The lowest BCUT2D eigenvalue weighted by Crippen LogP contribution is -2.64. The average molecular weight is 551 g/mol. The lowest BCUT2D eigenvalue weighted by atomic mass is 9.96. The van der Waals surface area contributed by atoms with Crippen LogP contribution in [0.2, 0.25) is 0 Å². The van der Waals surface area contributed by atoms with E-state index in [1.807, 2.05) is 48.5 Å². The van der Waals surface area contributed by atoms with Crippen LogP contribution in [0.1, 0.15) is 0 Å². The molecule has 0 aromatic heterocycles. The van der Waals surface area contributed by atoms with Crippen molar-refractivity contribution in [2.24, 2.45) is 4.36 Å². The molecular weight excluding hydrogens is 525 g/mol. The van der Waals surface area contributed by atoms with Crippen molar-refractivity contribution in [2.45, 2.75) is 39.2 Å². The summed E-state index contributed by atoms with van der Waals surface area (Å²) < 4.78 is 62.2. The summed E-state index contributed by atoms with van der Waals surface area (Å²) in [5.74, 6) is -0.422. The van der Waals surface area contributed by atoms with Crippen molar-refractivity contribution in [3.05, 3.63) is 72.8 Å². The number of alkyl halides is 3. The number of para-hydroxylation sites is 2. The SMILES string of the molecule is CN=S(=O)(NC1CNCC(N2c3ccccc3Sc3ccccc32)C1O)c1ccc(OC(F)(F)F)cc1. The van der Waals surface area contributed by atoms with Gasteiger partial charge in [-0.2, -0.15) is 0 Å². The van der Waals surface area contributed by atoms with E-state index in [0.717, 1.165) is 33.3 Å². The maximum atomic E-state index is 13.7. The zero-order valence-corrected chi connectivity index (χ0v) is 21.3. The molecule has 4 atom stereocenters. The summed E-state index contributed by atoms with van der Waals surface area (Å²) >= 11 is 1.67. The summed E-state index contributed by atoms with van der Waals surface area (Å²) in [5.41, 5.74) is 1.94. The number of hydrogen-bond donors (Lipinski definition) is 3. The molecule has 3 aromatic carbocycles. The van der Waals surface area contributed by atoms with E-state index in [9.17, 15) is 22.5 Å². The Bertz CT molecular complexity index is 1350. The zero-order valence-electron chi connectivity index (χ0n) is 19.7. The van der Waals surface area contributed by atoms with Gasteiger partial charge in [0.2, 0.25) is 0 Å². The van der Waals surface area contributed by atoms with Crippen molar-refractivity contribution < 1.29 is 27.2 Å². The molecule has 2 aliphatic heterocycles. The number of rotatable bonds is 5. The Hall–Kier alpha value is -2.77. The Labute approximate surface area is 217 Å². The number of hydrogen-bond acceptors (Lipinski definition) is 7. The molecule has 4 unspecified atom stereocenters. The Morgan fingerprint density at radius 2 is 1.62 bits per heavy atom. The third kappa shape index (κ3) is 5.30. The first-order valence-electron chi connectivity index (χ1n) is 11.5. The number of halogens is 3. The Kier molecular flexibility index (Phi) is 7.12. The van der Waals surface area contributed by atoms with Crippen LogP contribution in [-0.2, 0) is 9.92 Å². The summed E-state index contributed by atoms with van der Waals surface area (Å²) in [6, 6.07) is 19.6. The molecule has 3 aromatic rings. The van der Waals surface area contributed by atoms with Crippen LogP contribution in [-0.4, -0.2) is 54.0 Å². The summed E-state index contributed by atoms with van der Waals surface area (Å²) in [5, 5.41) is 14.9. The lowest BCUT2D eigenvalue weighted by molar-refractivity contribution is -0.274. The van der Waals surface area contributed by atoms with Crippen LogP contribution in [0.5, 0.6) is 5.75 Å². The van der Waals surface area contributed by atoms with Crippen molar-refractivity contribution in [1.29, 1.82) is 0 Å². The lowest BCUT2D eigenvalue weighted by Gasteiger charge is -2.45. The van der Waals surface area contributed by atoms with E-state index in [4.69, 9.17) is 0 Å². The van der Waals surface area contributed by atoms with Gasteiger partial charge in [-0.1, -0.05) is 36.0 Å². The van der Waals surface area contributed by atoms with Crippen LogP contribution in [0.3, 0.4) is 0 Å². The first-order valence-corrected chi connectivity index (χ1v) is 13.8. The maximum absolute atomic E-state index is 13.7. The molecule has 7 nitrogen and oxygen atoms in total. The van der Waals surface area contributed by atoms with E-state index in [2.05, 4.69) is 24.0 Å². The monoisotopic (exact) mass is 550 g/mol. The highest BCUT2D eigenvalue weighted by molar-refractivity contribution is 7.99. The van der Waals surface area contributed by atoms with Gasteiger partial charge in [0.15, 0.2) is 0 Å². The van der Waals surface area contributed by atoms with Crippen LogP contribution in [0.15, 0.2) is 91.8 Å². The Morgan fingerprint density at radius 1 is 1.03 bits per heavy atom. The molecule has 1 saturated heterocycles. The molecule has 37 heavy (non-hydrogen) atoms. The average Bonchev–Trinajstić information content (AvgIpc) is 2.88. The van der Waals surface area contributed by atoms with Crippen molar-refractivity contribution in [3.63, 3.8) is 0 Å². The second-order valence-electron chi connectivity index (χ2n) is 8.58. The second-order valence-corrected chi connectivity index (χ2v) is 11.8. The molecule has 0 amide bonds. The van der Waals surface area contributed by atoms with E-state index in [1.165, 1.54) is 19.2 Å². The first kappa shape index (κ1) is 25.9. The summed E-state index contributed by atoms with van der Waals surface area (Å²) in [6.45, 7) is 0.811. The summed E-state index contributed by atoms with van der Waals surface area (Å²) in [4.78, 5) is 4.43. The Balaban J connectivity index is 1.42. The standard InChI is InChI=1S/C25H25F3N4O3S2/c1-29-37(34,17-12-10-16(11-13-17)35-25(26,27)28)31-18-14-30-15-21(24(18)33)32-19-6-2-4-8-22(19)36-23-9-5-3-7-20(23)32/h2-13,18,21,24,30,33H,14-15H2,1H3,(H,29,31,34). The van der Waals surface area contributed by atoms with Crippen molar-refractivity contribution >= 4 is 33.1 Å². The normalized spacial score (nSPS) is 22.9. The molecule has 0 bridgehead atoms. The van der Waals surface area contributed by atoms with Crippen LogP contribution in [0.25, 0.3) is 0 Å². The fourth-order valence-electron chi connectivity index (χ4n) is 4.60. The van der Waals surface area contributed by atoms with Gasteiger partial charge in [0, 0.05) is 29.9 Å². The number of nitrogens with zero attached hydrogens (tertiary/aromatic N) is 2. The van der Waals surface area contributed by atoms with E-state index in [1.54, 1.807) is 11.8 Å². The molecule has 2 aliphatic rings. The number of aliphatic hydroxyl groups excluding tert-OH is 1. The number of piperidine rings is 1. The topological polar surface area (TPSA) is 86.2 Å². The minimum Gasteiger partial charge on any atom is -0.406 e. The van der Waals surface area contributed by atoms with Crippen LogP contribution >= 0.6 is 11.8 Å². The van der Waals surface area contributed by atoms with E-state index in [0.29, 0.717) is 13.1 Å². The van der Waals surface area contributed by atoms with Gasteiger partial charge in [-0.25, -0.2) is 13.3 Å². The van der Waals surface area contributed by atoms with Gasteiger partial charge >= 0.3 is 6.36 Å². The minimum atomic E-state index is -4.83. The molecule has 0 saturated carbocycles. The van der Waals surface area contributed by atoms with E-state index < -0.39 is 40.2 Å². The van der Waals surface area contributed by atoms with Gasteiger partial charge in [-0.3, -0.25) is 0 Å². The highest BCUT2D eigenvalue weighted by Crippen LogP contribution is 2.49. The second kappa shape index (κ2) is 10.2. The molecule has 12 heteroatoms. The molecular formula is C25H25F3N4O3S2. The number of ether oxygens (including phenoxy) is 1. The highest BCUT2D eigenvalue weighted by atomic mass is 32.2. The summed E-state index contributed by atoms with van der Waals surface area (Å²) in [7, 11) is -1.89. The third-order valence-electron chi connectivity index (χ3n) is 6.27.